The summed E-state index contributed by atoms with van der Waals surface area (Å²) in [4.78, 5) is 12.7. The highest BCUT2D eigenvalue weighted by Gasteiger charge is 2.31. The quantitative estimate of drug-likeness (QED) is 0.740. The molecule has 2 aliphatic rings. The molecule has 1 amide bonds. The van der Waals surface area contributed by atoms with Crippen molar-refractivity contribution in [2.24, 2.45) is 0 Å². The van der Waals surface area contributed by atoms with E-state index in [9.17, 15) is 4.79 Å². The fraction of sp³-hybridized carbons (Fsp3) is 0.318. The average Bonchev–Trinajstić information content (AvgIpc) is 3.12. The van der Waals surface area contributed by atoms with Crippen LogP contribution in [0.1, 0.15) is 61.8 Å². The van der Waals surface area contributed by atoms with E-state index in [-0.39, 0.29) is 5.91 Å². The number of benzene rings is 2. The van der Waals surface area contributed by atoms with Crippen LogP contribution in [0, 0.1) is 0 Å². The summed E-state index contributed by atoms with van der Waals surface area (Å²) in [5.41, 5.74) is 8.71. The number of fused-ring (bicyclic) bond motifs is 2. The van der Waals surface area contributed by atoms with Crippen LogP contribution in [-0.4, -0.2) is 12.5 Å². The summed E-state index contributed by atoms with van der Waals surface area (Å²) in [7, 11) is 0. The van der Waals surface area contributed by atoms with Gasteiger partial charge in [-0.1, -0.05) is 52.0 Å². The molecule has 128 valence electrons. The summed E-state index contributed by atoms with van der Waals surface area (Å²) in [6, 6.07) is 12.9. The number of rotatable bonds is 2. The second-order valence-corrected chi connectivity index (χ2v) is 7.58. The van der Waals surface area contributed by atoms with Crippen molar-refractivity contribution in [2.45, 2.75) is 39.5 Å². The second-order valence-electron chi connectivity index (χ2n) is 7.58. The third-order valence-corrected chi connectivity index (χ3v) is 5.25. The molecule has 2 aromatic rings. The van der Waals surface area contributed by atoms with Crippen molar-refractivity contribution >= 4 is 28.4 Å². The van der Waals surface area contributed by atoms with Crippen LogP contribution < -0.4 is 10.6 Å². The van der Waals surface area contributed by atoms with E-state index in [0.717, 1.165) is 33.6 Å². The summed E-state index contributed by atoms with van der Waals surface area (Å²) in [5.74, 6) is 0.949. The van der Waals surface area contributed by atoms with Gasteiger partial charge in [-0.25, -0.2) is 0 Å². The van der Waals surface area contributed by atoms with Crippen LogP contribution in [0.15, 0.2) is 36.4 Å². The summed E-state index contributed by atoms with van der Waals surface area (Å²) in [5, 5.41) is 6.52. The van der Waals surface area contributed by atoms with Crippen LogP contribution in [0.3, 0.4) is 0 Å². The van der Waals surface area contributed by atoms with Crippen molar-refractivity contribution in [3.63, 3.8) is 0 Å². The minimum absolute atomic E-state index is 0.00786. The van der Waals surface area contributed by atoms with Crippen molar-refractivity contribution < 1.29 is 4.79 Å². The first kappa shape index (κ1) is 15.9. The molecule has 2 N–H and O–H groups in total. The van der Waals surface area contributed by atoms with Crippen molar-refractivity contribution in [1.29, 1.82) is 0 Å². The molecule has 0 aromatic heterocycles. The van der Waals surface area contributed by atoms with Gasteiger partial charge in [0.15, 0.2) is 0 Å². The molecule has 2 aliphatic heterocycles. The van der Waals surface area contributed by atoms with Gasteiger partial charge < -0.3 is 10.6 Å². The minimum Gasteiger partial charge on any atom is -0.380 e. The molecular weight excluding hydrogens is 308 g/mol. The highest BCUT2D eigenvalue weighted by molar-refractivity contribution is 6.37. The zero-order valence-corrected chi connectivity index (χ0v) is 15.2. The van der Waals surface area contributed by atoms with Crippen molar-refractivity contribution in [3.05, 3.63) is 58.7 Å². The van der Waals surface area contributed by atoms with E-state index in [1.54, 1.807) is 0 Å². The Morgan fingerprint density at radius 2 is 1.44 bits per heavy atom. The molecule has 0 unspecified atom stereocenters. The molecule has 0 saturated carbocycles. The maximum Gasteiger partial charge on any atom is 0.256 e. The van der Waals surface area contributed by atoms with Gasteiger partial charge in [0.05, 0.1) is 5.57 Å². The highest BCUT2D eigenvalue weighted by atomic mass is 16.2. The first-order chi connectivity index (χ1) is 12.0. The normalized spacial score (nSPS) is 18.4. The Bertz CT molecular complexity index is 906. The van der Waals surface area contributed by atoms with E-state index >= 15 is 0 Å². The SMILES string of the molecule is CC(C)c1ccc2c(c1)NC/C2=C1/C(=O)Nc2cc(C(C)C)ccc21. The molecule has 0 atom stereocenters. The average molecular weight is 332 g/mol. The largest absolute Gasteiger partial charge is 0.380 e. The lowest BCUT2D eigenvalue weighted by Gasteiger charge is -2.09. The third-order valence-electron chi connectivity index (χ3n) is 5.25. The first-order valence-electron chi connectivity index (χ1n) is 9.02. The zero-order chi connectivity index (χ0) is 17.7. The standard InChI is InChI=1S/C22H24N2O/c1-12(2)14-5-7-16-18(11-23-19(16)9-14)21-17-8-6-15(13(3)4)10-20(17)24-22(21)25/h5-10,12-13,23H,11H2,1-4H3,(H,24,25)/b21-18-. The third kappa shape index (κ3) is 2.55. The van der Waals surface area contributed by atoms with Gasteiger partial charge in [-0.3, -0.25) is 4.79 Å². The number of anilines is 2. The Labute approximate surface area is 149 Å². The van der Waals surface area contributed by atoms with Crippen LogP contribution >= 0.6 is 0 Å². The molecule has 0 fully saturated rings. The maximum absolute atomic E-state index is 12.7. The molecule has 2 heterocycles. The van der Waals surface area contributed by atoms with Gasteiger partial charge in [0, 0.05) is 29.0 Å². The zero-order valence-electron chi connectivity index (χ0n) is 15.2. The van der Waals surface area contributed by atoms with E-state index in [1.165, 1.54) is 11.1 Å². The highest BCUT2D eigenvalue weighted by Crippen LogP contribution is 2.42. The fourth-order valence-corrected chi connectivity index (χ4v) is 3.68. The number of hydrogen-bond donors (Lipinski definition) is 2. The lowest BCUT2D eigenvalue weighted by molar-refractivity contribution is -0.110. The van der Waals surface area contributed by atoms with Gasteiger partial charge in [0.1, 0.15) is 0 Å². The Hall–Kier alpha value is -2.55. The Morgan fingerprint density at radius 3 is 2.08 bits per heavy atom. The van der Waals surface area contributed by atoms with Crippen LogP contribution in [0.2, 0.25) is 0 Å². The molecule has 0 radical (unpaired) electrons. The molecule has 3 heteroatoms. The van der Waals surface area contributed by atoms with Crippen LogP contribution in [0.5, 0.6) is 0 Å². The van der Waals surface area contributed by atoms with Gasteiger partial charge in [-0.15, -0.1) is 0 Å². The number of hydrogen-bond acceptors (Lipinski definition) is 2. The molecule has 0 aliphatic carbocycles. The van der Waals surface area contributed by atoms with E-state index in [2.05, 4.69) is 74.7 Å². The summed E-state index contributed by atoms with van der Waals surface area (Å²) < 4.78 is 0. The minimum atomic E-state index is 0.00786. The summed E-state index contributed by atoms with van der Waals surface area (Å²) in [6.07, 6.45) is 0. The van der Waals surface area contributed by atoms with Gasteiger partial charge in [0.25, 0.3) is 5.91 Å². The van der Waals surface area contributed by atoms with Gasteiger partial charge >= 0.3 is 0 Å². The van der Waals surface area contributed by atoms with Crippen molar-refractivity contribution in [1.82, 2.24) is 0 Å². The molecule has 0 saturated heterocycles. The van der Waals surface area contributed by atoms with E-state index in [4.69, 9.17) is 0 Å². The van der Waals surface area contributed by atoms with Crippen LogP contribution in [-0.2, 0) is 4.79 Å². The lowest BCUT2D eigenvalue weighted by atomic mass is 9.93. The van der Waals surface area contributed by atoms with Crippen molar-refractivity contribution in [2.75, 3.05) is 17.2 Å². The lowest BCUT2D eigenvalue weighted by Crippen LogP contribution is -2.06. The van der Waals surface area contributed by atoms with Crippen molar-refractivity contribution in [3.8, 4) is 0 Å². The number of nitrogens with one attached hydrogen (secondary N) is 2. The molecule has 3 nitrogen and oxygen atoms in total. The van der Waals surface area contributed by atoms with E-state index in [1.807, 2.05) is 0 Å². The Balaban J connectivity index is 1.83. The van der Waals surface area contributed by atoms with Crippen LogP contribution in [0.4, 0.5) is 11.4 Å². The van der Waals surface area contributed by atoms with E-state index in [0.29, 0.717) is 18.4 Å². The molecule has 0 spiro atoms. The number of carbonyl (C=O) groups excluding carboxylic acids is 1. The molecule has 0 bridgehead atoms. The first-order valence-corrected chi connectivity index (χ1v) is 9.02. The molecular formula is C22H24N2O. The van der Waals surface area contributed by atoms with E-state index < -0.39 is 0 Å². The molecule has 2 aromatic carbocycles. The Kier molecular flexibility index (Phi) is 3.68. The number of amides is 1. The summed E-state index contributed by atoms with van der Waals surface area (Å²) in [6.45, 7) is 9.43. The van der Waals surface area contributed by atoms with Gasteiger partial charge in [-0.05, 0) is 40.7 Å². The number of carbonyl (C=O) groups is 1. The second kappa shape index (κ2) is 5.76. The fourth-order valence-electron chi connectivity index (χ4n) is 3.68. The topological polar surface area (TPSA) is 41.1 Å². The Morgan fingerprint density at radius 1 is 0.840 bits per heavy atom. The predicted molar refractivity (Wildman–Crippen MR) is 105 cm³/mol. The molecule has 4 rings (SSSR count). The molecule has 25 heavy (non-hydrogen) atoms. The maximum atomic E-state index is 12.7. The predicted octanol–water partition coefficient (Wildman–Crippen LogP) is 5.22. The monoisotopic (exact) mass is 332 g/mol. The smallest absolute Gasteiger partial charge is 0.256 e. The van der Waals surface area contributed by atoms with Gasteiger partial charge in [-0.2, -0.15) is 0 Å². The van der Waals surface area contributed by atoms with Crippen LogP contribution in [0.25, 0.3) is 11.1 Å². The van der Waals surface area contributed by atoms with Gasteiger partial charge in [0.2, 0.25) is 0 Å². The summed E-state index contributed by atoms with van der Waals surface area (Å²) >= 11 is 0.